The van der Waals surface area contributed by atoms with Crippen LogP contribution in [0.15, 0.2) is 18.3 Å². The van der Waals surface area contributed by atoms with E-state index in [9.17, 15) is 15.2 Å². The number of pyridine rings is 1. The van der Waals surface area contributed by atoms with Gasteiger partial charge in [0.05, 0.1) is 11.5 Å². The number of aliphatic hydroxyl groups is 1. The van der Waals surface area contributed by atoms with Crippen LogP contribution in [0.5, 0.6) is 0 Å². The molecule has 19 heavy (non-hydrogen) atoms. The Morgan fingerprint density at radius 1 is 1.42 bits per heavy atom. The van der Waals surface area contributed by atoms with Crippen molar-refractivity contribution in [3.8, 4) is 0 Å². The molecule has 2 rings (SSSR count). The molecule has 104 valence electrons. The average molecular weight is 265 g/mol. The summed E-state index contributed by atoms with van der Waals surface area (Å²) in [5.41, 5.74) is 0.0153. The smallest absolute Gasteiger partial charge is 0.311 e. The molecule has 0 saturated heterocycles. The zero-order chi connectivity index (χ0) is 13.7. The number of aromatic nitrogens is 1. The Hall–Kier alpha value is -1.69. The summed E-state index contributed by atoms with van der Waals surface area (Å²) in [4.78, 5) is 16.7. The lowest BCUT2D eigenvalue weighted by Crippen LogP contribution is -2.39. The first-order chi connectivity index (χ1) is 9.24. The molecule has 0 bridgehead atoms. The maximum atomic E-state index is 11.1. The lowest BCUT2D eigenvalue weighted by Gasteiger charge is -2.34. The van der Waals surface area contributed by atoms with Crippen molar-refractivity contribution in [2.24, 2.45) is 0 Å². The Balaban J connectivity index is 2.29. The van der Waals surface area contributed by atoms with Gasteiger partial charge in [-0.25, -0.2) is 4.98 Å². The van der Waals surface area contributed by atoms with E-state index < -0.39 is 4.92 Å². The third-order valence-corrected chi connectivity index (χ3v) is 3.59. The largest absolute Gasteiger partial charge is 0.395 e. The van der Waals surface area contributed by atoms with E-state index in [0.717, 1.165) is 25.7 Å². The molecule has 0 amide bonds. The van der Waals surface area contributed by atoms with E-state index in [1.807, 2.05) is 4.90 Å². The van der Waals surface area contributed by atoms with E-state index in [0.29, 0.717) is 12.4 Å². The molecule has 6 heteroatoms. The summed E-state index contributed by atoms with van der Waals surface area (Å²) in [5.74, 6) is 0.383. The minimum atomic E-state index is -0.407. The van der Waals surface area contributed by atoms with Crippen molar-refractivity contribution in [3.05, 3.63) is 28.4 Å². The first kappa shape index (κ1) is 13.7. The molecule has 1 aliphatic rings. The van der Waals surface area contributed by atoms with Crippen LogP contribution in [0.4, 0.5) is 11.5 Å². The van der Waals surface area contributed by atoms with Crippen molar-refractivity contribution in [1.29, 1.82) is 0 Å². The van der Waals surface area contributed by atoms with Crippen molar-refractivity contribution >= 4 is 11.5 Å². The first-order valence-corrected chi connectivity index (χ1v) is 6.71. The molecule has 0 aliphatic heterocycles. The average Bonchev–Trinajstić information content (AvgIpc) is 2.45. The molecule has 0 unspecified atom stereocenters. The second-order valence-electron chi connectivity index (χ2n) is 4.81. The van der Waals surface area contributed by atoms with Gasteiger partial charge in [-0.1, -0.05) is 19.3 Å². The minimum absolute atomic E-state index is 0.0153. The number of nitro groups is 1. The molecule has 6 nitrogen and oxygen atoms in total. The maximum absolute atomic E-state index is 11.1. The van der Waals surface area contributed by atoms with Crippen molar-refractivity contribution in [1.82, 2.24) is 4.98 Å². The number of anilines is 1. The third-order valence-electron chi connectivity index (χ3n) is 3.59. The van der Waals surface area contributed by atoms with Crippen molar-refractivity contribution in [3.63, 3.8) is 0 Å². The van der Waals surface area contributed by atoms with Crippen LogP contribution in [0.1, 0.15) is 32.1 Å². The van der Waals surface area contributed by atoms with Gasteiger partial charge in [0, 0.05) is 24.8 Å². The van der Waals surface area contributed by atoms with Gasteiger partial charge in [-0.05, 0) is 18.9 Å². The van der Waals surface area contributed by atoms with Crippen LogP contribution in [0.25, 0.3) is 0 Å². The number of hydrogen-bond acceptors (Lipinski definition) is 5. The van der Waals surface area contributed by atoms with Crippen LogP contribution in [0.3, 0.4) is 0 Å². The Bertz CT molecular complexity index is 433. The van der Waals surface area contributed by atoms with Gasteiger partial charge in [-0.3, -0.25) is 10.1 Å². The highest BCUT2D eigenvalue weighted by Crippen LogP contribution is 2.31. The lowest BCUT2D eigenvalue weighted by molar-refractivity contribution is -0.384. The van der Waals surface area contributed by atoms with Gasteiger partial charge in [-0.15, -0.1) is 0 Å². The van der Waals surface area contributed by atoms with Gasteiger partial charge in [0.25, 0.3) is 0 Å². The highest BCUT2D eigenvalue weighted by molar-refractivity contribution is 5.58. The van der Waals surface area contributed by atoms with E-state index in [2.05, 4.69) is 4.98 Å². The standard InChI is InChI=1S/C13H19N3O3/c17-10-9-15(11-5-2-1-3-6-11)13-12(16(18)19)7-4-8-14-13/h4,7-8,11,17H,1-3,5-6,9-10H2. The molecule has 1 fully saturated rings. The summed E-state index contributed by atoms with van der Waals surface area (Å²) in [5, 5.41) is 20.3. The van der Waals surface area contributed by atoms with Gasteiger partial charge in [-0.2, -0.15) is 0 Å². The summed E-state index contributed by atoms with van der Waals surface area (Å²) in [7, 11) is 0. The molecule has 1 saturated carbocycles. The van der Waals surface area contributed by atoms with Crippen molar-refractivity contribution < 1.29 is 10.0 Å². The summed E-state index contributed by atoms with van der Waals surface area (Å²) in [6.07, 6.45) is 7.06. The van der Waals surface area contributed by atoms with Crippen molar-refractivity contribution in [2.45, 2.75) is 38.1 Å². The van der Waals surface area contributed by atoms with E-state index in [1.165, 1.54) is 12.5 Å². The number of hydrogen-bond donors (Lipinski definition) is 1. The van der Waals surface area contributed by atoms with Crippen LogP contribution in [-0.4, -0.2) is 34.2 Å². The van der Waals surface area contributed by atoms with E-state index in [4.69, 9.17) is 0 Å². The fourth-order valence-electron chi connectivity index (χ4n) is 2.71. The van der Waals surface area contributed by atoms with E-state index in [-0.39, 0.29) is 18.3 Å². The van der Waals surface area contributed by atoms with Crippen LogP contribution in [-0.2, 0) is 0 Å². The van der Waals surface area contributed by atoms with Crippen LogP contribution in [0.2, 0.25) is 0 Å². The topological polar surface area (TPSA) is 79.5 Å². The van der Waals surface area contributed by atoms with E-state index in [1.54, 1.807) is 12.3 Å². The second kappa shape index (κ2) is 6.47. The molecule has 1 aromatic rings. The molecule has 0 radical (unpaired) electrons. The maximum Gasteiger partial charge on any atom is 0.311 e. The van der Waals surface area contributed by atoms with Gasteiger partial charge < -0.3 is 10.0 Å². The Labute approximate surface area is 112 Å². The zero-order valence-electron chi connectivity index (χ0n) is 10.9. The second-order valence-corrected chi connectivity index (χ2v) is 4.81. The summed E-state index contributed by atoms with van der Waals surface area (Å²) < 4.78 is 0. The number of aliphatic hydroxyl groups excluding tert-OH is 1. The highest BCUT2D eigenvalue weighted by Gasteiger charge is 2.27. The SMILES string of the molecule is O=[N+]([O-])c1cccnc1N(CCO)C1CCCCC1. The summed E-state index contributed by atoms with van der Waals surface area (Å²) in [6.45, 7) is 0.368. The quantitative estimate of drug-likeness (QED) is 0.651. The van der Waals surface area contributed by atoms with Crippen LogP contribution >= 0.6 is 0 Å². The predicted molar refractivity (Wildman–Crippen MR) is 72.2 cm³/mol. The first-order valence-electron chi connectivity index (χ1n) is 6.71. The predicted octanol–water partition coefficient (Wildman–Crippen LogP) is 2.12. The van der Waals surface area contributed by atoms with Gasteiger partial charge >= 0.3 is 5.69 Å². The van der Waals surface area contributed by atoms with Gasteiger partial charge in [0.1, 0.15) is 0 Å². The Kier molecular flexibility index (Phi) is 4.68. The Morgan fingerprint density at radius 2 is 2.16 bits per heavy atom. The van der Waals surface area contributed by atoms with Gasteiger partial charge in [0.15, 0.2) is 0 Å². The summed E-state index contributed by atoms with van der Waals surface area (Å²) >= 11 is 0. The third kappa shape index (κ3) is 3.20. The molecule has 1 N–H and O–H groups in total. The summed E-state index contributed by atoms with van der Waals surface area (Å²) in [6, 6.07) is 3.28. The normalized spacial score (nSPS) is 16.3. The van der Waals surface area contributed by atoms with E-state index >= 15 is 0 Å². The minimum Gasteiger partial charge on any atom is -0.395 e. The zero-order valence-corrected chi connectivity index (χ0v) is 10.9. The fourth-order valence-corrected chi connectivity index (χ4v) is 2.71. The molecule has 1 aromatic heterocycles. The molecule has 0 aromatic carbocycles. The molecule has 1 aliphatic carbocycles. The molecular weight excluding hydrogens is 246 g/mol. The highest BCUT2D eigenvalue weighted by atomic mass is 16.6. The molecular formula is C13H19N3O3. The number of rotatable bonds is 5. The van der Waals surface area contributed by atoms with Gasteiger partial charge in [0.2, 0.25) is 5.82 Å². The Morgan fingerprint density at radius 3 is 2.79 bits per heavy atom. The molecule has 0 spiro atoms. The van der Waals surface area contributed by atoms with Crippen LogP contribution in [0, 0.1) is 10.1 Å². The molecule has 0 atom stereocenters. The fraction of sp³-hybridized carbons (Fsp3) is 0.615. The van der Waals surface area contributed by atoms with Crippen LogP contribution < -0.4 is 4.90 Å². The van der Waals surface area contributed by atoms with Crippen molar-refractivity contribution in [2.75, 3.05) is 18.1 Å². The number of nitrogens with zero attached hydrogens (tertiary/aromatic N) is 3. The molecule has 1 heterocycles. The monoisotopic (exact) mass is 265 g/mol. The lowest BCUT2D eigenvalue weighted by atomic mass is 9.94.